The second-order valence-corrected chi connectivity index (χ2v) is 4.59. The van der Waals surface area contributed by atoms with Gasteiger partial charge in [0.25, 0.3) is 0 Å². The fourth-order valence-corrected chi connectivity index (χ4v) is 1.77. The Hall–Kier alpha value is -1.90. The average molecular weight is 244 g/mol. The molecule has 1 N–H and O–H groups in total. The van der Waals surface area contributed by atoms with Crippen LogP contribution < -0.4 is 5.32 Å². The molecule has 2 nitrogen and oxygen atoms in total. The third kappa shape index (κ3) is 2.35. The van der Waals surface area contributed by atoms with Crippen LogP contribution in [0.4, 0.5) is 15.9 Å². The van der Waals surface area contributed by atoms with Crippen LogP contribution in [0.15, 0.2) is 24.3 Å². The van der Waals surface area contributed by atoms with Crippen LogP contribution in [-0.4, -0.2) is 4.98 Å². The SMILES string of the molecule is Cc1cc(F)c(Nc2cccc(C)c2C)nc1C. The Bertz CT molecular complexity index is 591. The zero-order chi connectivity index (χ0) is 13.3. The fourth-order valence-electron chi connectivity index (χ4n) is 1.77. The minimum atomic E-state index is -0.320. The van der Waals surface area contributed by atoms with Crippen LogP contribution in [0.25, 0.3) is 0 Å². The summed E-state index contributed by atoms with van der Waals surface area (Å²) in [5, 5.41) is 3.06. The van der Waals surface area contributed by atoms with Gasteiger partial charge in [0, 0.05) is 11.4 Å². The molecule has 0 bridgehead atoms. The summed E-state index contributed by atoms with van der Waals surface area (Å²) in [4.78, 5) is 4.25. The summed E-state index contributed by atoms with van der Waals surface area (Å²) in [7, 11) is 0. The van der Waals surface area contributed by atoms with E-state index in [0.717, 1.165) is 22.5 Å². The first kappa shape index (κ1) is 12.6. The van der Waals surface area contributed by atoms with Crippen LogP contribution in [0.1, 0.15) is 22.4 Å². The van der Waals surface area contributed by atoms with Crippen molar-refractivity contribution in [2.45, 2.75) is 27.7 Å². The fraction of sp³-hybridized carbons (Fsp3) is 0.267. The number of benzene rings is 1. The number of nitrogens with one attached hydrogen (secondary N) is 1. The molecule has 1 heterocycles. The van der Waals surface area contributed by atoms with Crippen LogP contribution in [0.3, 0.4) is 0 Å². The highest BCUT2D eigenvalue weighted by molar-refractivity contribution is 5.62. The molecule has 0 atom stereocenters. The molecule has 0 saturated heterocycles. The maximum absolute atomic E-state index is 13.8. The Labute approximate surface area is 107 Å². The largest absolute Gasteiger partial charge is 0.338 e. The maximum Gasteiger partial charge on any atom is 0.166 e. The van der Waals surface area contributed by atoms with Gasteiger partial charge in [-0.25, -0.2) is 9.37 Å². The van der Waals surface area contributed by atoms with E-state index in [2.05, 4.69) is 10.3 Å². The molecule has 0 spiro atoms. The normalized spacial score (nSPS) is 10.5. The van der Waals surface area contributed by atoms with Crippen LogP contribution in [-0.2, 0) is 0 Å². The number of rotatable bonds is 2. The van der Waals surface area contributed by atoms with Crippen molar-refractivity contribution < 1.29 is 4.39 Å². The van der Waals surface area contributed by atoms with Gasteiger partial charge in [-0.05, 0) is 56.5 Å². The number of aryl methyl sites for hydroxylation is 3. The lowest BCUT2D eigenvalue weighted by atomic mass is 10.1. The van der Waals surface area contributed by atoms with Crippen molar-refractivity contribution in [3.8, 4) is 0 Å². The van der Waals surface area contributed by atoms with Crippen molar-refractivity contribution in [1.82, 2.24) is 4.98 Å². The Morgan fingerprint density at radius 2 is 1.78 bits per heavy atom. The smallest absolute Gasteiger partial charge is 0.166 e. The number of anilines is 2. The van der Waals surface area contributed by atoms with Crippen molar-refractivity contribution >= 4 is 11.5 Å². The monoisotopic (exact) mass is 244 g/mol. The molecule has 0 radical (unpaired) electrons. The van der Waals surface area contributed by atoms with E-state index >= 15 is 0 Å². The Morgan fingerprint density at radius 3 is 2.50 bits per heavy atom. The van der Waals surface area contributed by atoms with Gasteiger partial charge in [-0.2, -0.15) is 0 Å². The van der Waals surface area contributed by atoms with Crippen molar-refractivity contribution in [2.75, 3.05) is 5.32 Å². The Balaban J connectivity index is 2.40. The lowest BCUT2D eigenvalue weighted by Crippen LogP contribution is -2.02. The predicted octanol–water partition coefficient (Wildman–Crippen LogP) is 4.20. The van der Waals surface area contributed by atoms with Gasteiger partial charge in [0.1, 0.15) is 0 Å². The number of aromatic nitrogens is 1. The molecule has 0 fully saturated rings. The first-order valence-corrected chi connectivity index (χ1v) is 5.96. The summed E-state index contributed by atoms with van der Waals surface area (Å²) in [5.41, 5.74) is 4.87. The molecule has 94 valence electrons. The van der Waals surface area contributed by atoms with Crippen LogP contribution in [0, 0.1) is 33.5 Å². The van der Waals surface area contributed by atoms with Crippen molar-refractivity contribution in [3.05, 3.63) is 52.5 Å². The van der Waals surface area contributed by atoms with Crippen molar-refractivity contribution in [1.29, 1.82) is 0 Å². The summed E-state index contributed by atoms with van der Waals surface area (Å²) in [6, 6.07) is 7.42. The second kappa shape index (κ2) is 4.77. The molecule has 0 aliphatic carbocycles. The van der Waals surface area contributed by atoms with E-state index in [9.17, 15) is 4.39 Å². The minimum absolute atomic E-state index is 0.284. The van der Waals surface area contributed by atoms with Gasteiger partial charge in [-0.1, -0.05) is 12.1 Å². The molecule has 0 saturated carbocycles. The number of hydrogen-bond donors (Lipinski definition) is 1. The zero-order valence-corrected chi connectivity index (χ0v) is 11.1. The summed E-state index contributed by atoms with van der Waals surface area (Å²) in [6.07, 6.45) is 0. The molecule has 2 rings (SSSR count). The van der Waals surface area contributed by atoms with Gasteiger partial charge in [-0.15, -0.1) is 0 Å². The molecule has 2 aromatic rings. The molecule has 3 heteroatoms. The van der Waals surface area contributed by atoms with E-state index in [0.29, 0.717) is 0 Å². The van der Waals surface area contributed by atoms with Crippen molar-refractivity contribution in [3.63, 3.8) is 0 Å². The van der Waals surface area contributed by atoms with Gasteiger partial charge in [-0.3, -0.25) is 0 Å². The van der Waals surface area contributed by atoms with E-state index in [1.165, 1.54) is 11.6 Å². The minimum Gasteiger partial charge on any atom is -0.338 e. The van der Waals surface area contributed by atoms with E-state index in [4.69, 9.17) is 0 Å². The Kier molecular flexibility index (Phi) is 3.32. The third-order valence-corrected chi connectivity index (χ3v) is 3.28. The highest BCUT2D eigenvalue weighted by atomic mass is 19.1. The van der Waals surface area contributed by atoms with Crippen molar-refractivity contribution in [2.24, 2.45) is 0 Å². The molecule has 0 amide bonds. The highest BCUT2D eigenvalue weighted by Crippen LogP contribution is 2.24. The molecule has 0 aliphatic rings. The van der Waals surface area contributed by atoms with Gasteiger partial charge in [0.2, 0.25) is 0 Å². The van der Waals surface area contributed by atoms with E-state index in [1.54, 1.807) is 0 Å². The van der Waals surface area contributed by atoms with E-state index in [1.807, 2.05) is 45.9 Å². The lowest BCUT2D eigenvalue weighted by Gasteiger charge is -2.12. The first-order valence-electron chi connectivity index (χ1n) is 5.96. The van der Waals surface area contributed by atoms with Crippen LogP contribution in [0.5, 0.6) is 0 Å². The number of pyridine rings is 1. The third-order valence-electron chi connectivity index (χ3n) is 3.28. The highest BCUT2D eigenvalue weighted by Gasteiger charge is 2.08. The molecule has 1 aromatic carbocycles. The van der Waals surface area contributed by atoms with E-state index in [-0.39, 0.29) is 11.6 Å². The Morgan fingerprint density at radius 1 is 1.06 bits per heavy atom. The van der Waals surface area contributed by atoms with Gasteiger partial charge >= 0.3 is 0 Å². The molecular weight excluding hydrogens is 227 g/mol. The number of nitrogens with zero attached hydrogens (tertiary/aromatic N) is 1. The van der Waals surface area contributed by atoms with Crippen LogP contribution >= 0.6 is 0 Å². The molecule has 0 unspecified atom stereocenters. The number of hydrogen-bond acceptors (Lipinski definition) is 2. The topological polar surface area (TPSA) is 24.9 Å². The predicted molar refractivity (Wildman–Crippen MR) is 72.9 cm³/mol. The standard InChI is InChI=1S/C15H17FN2/c1-9-6-5-7-14(11(9)3)18-15-13(16)8-10(2)12(4)17-15/h5-8H,1-4H3,(H,17,18). The summed E-state index contributed by atoms with van der Waals surface area (Å²) >= 11 is 0. The zero-order valence-electron chi connectivity index (χ0n) is 11.1. The second-order valence-electron chi connectivity index (χ2n) is 4.59. The maximum atomic E-state index is 13.8. The summed E-state index contributed by atoms with van der Waals surface area (Å²) in [5.74, 6) is -0.0363. The summed E-state index contributed by atoms with van der Waals surface area (Å²) in [6.45, 7) is 7.78. The quantitative estimate of drug-likeness (QED) is 0.856. The van der Waals surface area contributed by atoms with Crippen LogP contribution in [0.2, 0.25) is 0 Å². The number of halogens is 1. The molecular formula is C15H17FN2. The molecule has 18 heavy (non-hydrogen) atoms. The lowest BCUT2D eigenvalue weighted by molar-refractivity contribution is 0.623. The van der Waals surface area contributed by atoms with Gasteiger partial charge in [0.05, 0.1) is 0 Å². The molecule has 1 aromatic heterocycles. The average Bonchev–Trinajstić information content (AvgIpc) is 2.32. The van der Waals surface area contributed by atoms with Gasteiger partial charge in [0.15, 0.2) is 11.6 Å². The first-order chi connectivity index (χ1) is 8.49. The summed E-state index contributed by atoms with van der Waals surface area (Å²) < 4.78 is 13.8. The van der Waals surface area contributed by atoms with Gasteiger partial charge < -0.3 is 5.32 Å². The van der Waals surface area contributed by atoms with E-state index < -0.39 is 0 Å². The molecule has 0 aliphatic heterocycles.